The number of carbonyl (C=O) groups excluding carboxylic acids is 1. The molecule has 0 atom stereocenters. The molecule has 0 aliphatic rings. The lowest BCUT2D eigenvalue weighted by Crippen LogP contribution is -2.40. The van der Waals surface area contributed by atoms with Gasteiger partial charge in [-0.3, -0.25) is 9.10 Å². The van der Waals surface area contributed by atoms with Gasteiger partial charge in [0, 0.05) is 6.54 Å². The predicted molar refractivity (Wildman–Crippen MR) is 111 cm³/mol. The summed E-state index contributed by atoms with van der Waals surface area (Å²) in [7, 11) is -4.03. The van der Waals surface area contributed by atoms with Crippen LogP contribution in [0.5, 0.6) is 0 Å². The van der Waals surface area contributed by atoms with Crippen LogP contribution in [0.1, 0.15) is 11.1 Å². The second-order valence-electron chi connectivity index (χ2n) is 6.64. The van der Waals surface area contributed by atoms with Gasteiger partial charge < -0.3 is 5.32 Å². The van der Waals surface area contributed by atoms with Crippen molar-refractivity contribution in [1.29, 1.82) is 0 Å². The van der Waals surface area contributed by atoms with Crippen molar-refractivity contribution >= 4 is 21.6 Å². The van der Waals surface area contributed by atoms with Gasteiger partial charge in [-0.25, -0.2) is 8.42 Å². The van der Waals surface area contributed by atoms with Gasteiger partial charge in [-0.05, 0) is 42.0 Å². The molecule has 162 valence electrons. The number of hydrogen-bond acceptors (Lipinski definition) is 3. The highest BCUT2D eigenvalue weighted by atomic mass is 32.2. The second kappa shape index (κ2) is 9.22. The van der Waals surface area contributed by atoms with Crippen molar-refractivity contribution in [2.75, 3.05) is 10.8 Å². The zero-order chi connectivity index (χ0) is 22.5. The highest BCUT2D eigenvalue weighted by Crippen LogP contribution is 2.29. The molecule has 3 aromatic rings. The average Bonchev–Trinajstić information content (AvgIpc) is 2.77. The van der Waals surface area contributed by atoms with E-state index in [1.807, 2.05) is 0 Å². The van der Waals surface area contributed by atoms with E-state index in [0.717, 1.165) is 16.4 Å². The number of hydrogen-bond donors (Lipinski definition) is 1. The molecule has 0 aliphatic heterocycles. The van der Waals surface area contributed by atoms with Crippen molar-refractivity contribution < 1.29 is 26.4 Å². The van der Waals surface area contributed by atoms with Crippen molar-refractivity contribution in [3.8, 4) is 0 Å². The Kier molecular flexibility index (Phi) is 6.65. The maximum atomic E-state index is 13.1. The molecule has 0 unspecified atom stereocenters. The lowest BCUT2D eigenvalue weighted by Gasteiger charge is -2.24. The molecule has 1 amide bonds. The van der Waals surface area contributed by atoms with Crippen LogP contribution in [0.4, 0.5) is 18.9 Å². The van der Waals surface area contributed by atoms with Gasteiger partial charge in [0.05, 0.1) is 16.1 Å². The van der Waals surface area contributed by atoms with Crippen molar-refractivity contribution in [3.63, 3.8) is 0 Å². The van der Waals surface area contributed by atoms with E-state index in [4.69, 9.17) is 0 Å². The summed E-state index contributed by atoms with van der Waals surface area (Å²) >= 11 is 0. The number of benzene rings is 3. The van der Waals surface area contributed by atoms with Gasteiger partial charge in [0.1, 0.15) is 6.54 Å². The van der Waals surface area contributed by atoms with Crippen LogP contribution in [0.3, 0.4) is 0 Å². The number of rotatable bonds is 7. The number of para-hydroxylation sites is 1. The first-order chi connectivity index (χ1) is 14.7. The first kappa shape index (κ1) is 22.4. The summed E-state index contributed by atoms with van der Waals surface area (Å²) in [6.45, 7) is -0.697. The normalized spacial score (nSPS) is 11.7. The average molecular weight is 448 g/mol. The maximum Gasteiger partial charge on any atom is 0.416 e. The van der Waals surface area contributed by atoms with E-state index in [2.05, 4.69) is 5.32 Å². The molecule has 3 rings (SSSR count). The van der Waals surface area contributed by atoms with E-state index in [1.165, 1.54) is 24.3 Å². The van der Waals surface area contributed by atoms with Crippen LogP contribution in [0.15, 0.2) is 89.8 Å². The molecule has 0 bridgehead atoms. The highest BCUT2D eigenvalue weighted by molar-refractivity contribution is 7.92. The van der Waals surface area contributed by atoms with E-state index in [1.54, 1.807) is 48.5 Å². The first-order valence-electron chi connectivity index (χ1n) is 9.23. The number of nitrogens with one attached hydrogen (secondary N) is 1. The van der Waals surface area contributed by atoms with E-state index in [0.29, 0.717) is 5.69 Å². The number of alkyl halides is 3. The summed E-state index contributed by atoms with van der Waals surface area (Å²) in [6, 6.07) is 20.4. The van der Waals surface area contributed by atoms with Crippen molar-refractivity contribution in [1.82, 2.24) is 5.32 Å². The Morgan fingerprint density at radius 3 is 2.10 bits per heavy atom. The SMILES string of the molecule is O=C(CN(c1ccccc1)S(=O)(=O)c1ccccc1)NCc1cccc(C(F)(F)F)c1. The zero-order valence-corrected chi connectivity index (χ0v) is 17.0. The fourth-order valence-corrected chi connectivity index (χ4v) is 4.32. The Balaban J connectivity index is 1.79. The molecular formula is C22H19F3N2O3S. The monoisotopic (exact) mass is 448 g/mol. The summed E-state index contributed by atoms with van der Waals surface area (Å²) in [6.07, 6.45) is -4.49. The molecule has 3 aromatic carbocycles. The predicted octanol–water partition coefficient (Wildman–Crippen LogP) is 4.22. The topological polar surface area (TPSA) is 66.5 Å². The first-order valence-corrected chi connectivity index (χ1v) is 10.7. The zero-order valence-electron chi connectivity index (χ0n) is 16.2. The van der Waals surface area contributed by atoms with Gasteiger partial charge in [-0.1, -0.05) is 48.5 Å². The number of carbonyl (C=O) groups is 1. The molecule has 5 nitrogen and oxygen atoms in total. The van der Waals surface area contributed by atoms with Crippen LogP contribution in [0.2, 0.25) is 0 Å². The number of amides is 1. The number of sulfonamides is 1. The number of anilines is 1. The highest BCUT2D eigenvalue weighted by Gasteiger charge is 2.30. The Labute approximate surface area is 178 Å². The van der Waals surface area contributed by atoms with Crippen LogP contribution in [-0.4, -0.2) is 20.9 Å². The molecular weight excluding hydrogens is 429 g/mol. The standard InChI is InChI=1S/C22H19F3N2O3S/c23-22(24,25)18-9-7-8-17(14-18)15-26-21(28)16-27(19-10-3-1-4-11-19)31(29,30)20-12-5-2-6-13-20/h1-14H,15-16H2,(H,26,28). The van der Waals surface area contributed by atoms with Crippen LogP contribution in [0.25, 0.3) is 0 Å². The largest absolute Gasteiger partial charge is 0.416 e. The van der Waals surface area contributed by atoms with Gasteiger partial charge in [0.15, 0.2) is 0 Å². The third-order valence-electron chi connectivity index (χ3n) is 4.41. The molecule has 1 N–H and O–H groups in total. The second-order valence-corrected chi connectivity index (χ2v) is 8.50. The van der Waals surface area contributed by atoms with Gasteiger partial charge in [0.2, 0.25) is 5.91 Å². The molecule has 0 saturated carbocycles. The lowest BCUT2D eigenvalue weighted by atomic mass is 10.1. The molecule has 0 aromatic heterocycles. The molecule has 0 heterocycles. The number of nitrogens with zero attached hydrogens (tertiary/aromatic N) is 1. The minimum absolute atomic E-state index is 0.0181. The van der Waals surface area contributed by atoms with Crippen LogP contribution < -0.4 is 9.62 Å². The van der Waals surface area contributed by atoms with E-state index in [-0.39, 0.29) is 17.0 Å². The summed E-state index contributed by atoms with van der Waals surface area (Å²) in [4.78, 5) is 12.5. The number of halogens is 3. The molecule has 0 spiro atoms. The summed E-state index contributed by atoms with van der Waals surface area (Å²) in [5.41, 5.74) is -0.280. The van der Waals surface area contributed by atoms with Gasteiger partial charge in [-0.15, -0.1) is 0 Å². The molecule has 31 heavy (non-hydrogen) atoms. The van der Waals surface area contributed by atoms with Gasteiger partial charge in [-0.2, -0.15) is 13.2 Å². The molecule has 0 radical (unpaired) electrons. The van der Waals surface area contributed by atoms with E-state index >= 15 is 0 Å². The fraction of sp³-hybridized carbons (Fsp3) is 0.136. The summed E-state index contributed by atoms with van der Waals surface area (Å²) in [5, 5.41) is 2.49. The Hall–Kier alpha value is -3.33. The maximum absolute atomic E-state index is 13.1. The van der Waals surface area contributed by atoms with E-state index in [9.17, 15) is 26.4 Å². The summed E-state index contributed by atoms with van der Waals surface area (Å²) in [5.74, 6) is -0.652. The Bertz CT molecular complexity index is 1140. The smallest absolute Gasteiger partial charge is 0.350 e. The van der Waals surface area contributed by atoms with Crippen LogP contribution in [-0.2, 0) is 27.5 Å². The minimum Gasteiger partial charge on any atom is -0.350 e. The third kappa shape index (κ3) is 5.64. The summed E-state index contributed by atoms with van der Waals surface area (Å²) < 4.78 is 65.8. The van der Waals surface area contributed by atoms with E-state index < -0.39 is 34.2 Å². The van der Waals surface area contributed by atoms with Gasteiger partial charge in [0.25, 0.3) is 10.0 Å². The van der Waals surface area contributed by atoms with Crippen LogP contribution >= 0.6 is 0 Å². The molecule has 0 aliphatic carbocycles. The van der Waals surface area contributed by atoms with Gasteiger partial charge >= 0.3 is 6.18 Å². The third-order valence-corrected chi connectivity index (χ3v) is 6.19. The quantitative estimate of drug-likeness (QED) is 0.589. The molecule has 0 fully saturated rings. The molecule has 0 saturated heterocycles. The fourth-order valence-electron chi connectivity index (χ4n) is 2.87. The van der Waals surface area contributed by atoms with Crippen LogP contribution in [0, 0.1) is 0 Å². The Morgan fingerprint density at radius 1 is 0.871 bits per heavy atom. The Morgan fingerprint density at radius 2 is 1.48 bits per heavy atom. The minimum atomic E-state index is -4.49. The van der Waals surface area contributed by atoms with Crippen molar-refractivity contribution in [2.45, 2.75) is 17.6 Å². The lowest BCUT2D eigenvalue weighted by molar-refractivity contribution is -0.137. The van der Waals surface area contributed by atoms with Crippen molar-refractivity contribution in [3.05, 3.63) is 96.1 Å². The van der Waals surface area contributed by atoms with Crippen molar-refractivity contribution in [2.24, 2.45) is 0 Å². The molecule has 9 heteroatoms.